The zero-order chi connectivity index (χ0) is 24.2. The molecule has 0 bridgehead atoms. The van der Waals surface area contributed by atoms with Gasteiger partial charge in [0.2, 0.25) is 5.91 Å². The van der Waals surface area contributed by atoms with Crippen LogP contribution < -0.4 is 26.0 Å². The molecule has 0 spiro atoms. The first-order chi connectivity index (χ1) is 16.4. The number of fused-ring (bicyclic) bond motifs is 1. The van der Waals surface area contributed by atoms with E-state index in [9.17, 15) is 18.8 Å². The molecule has 9 nitrogen and oxygen atoms in total. The number of nitrogens with one attached hydrogen (secondary N) is 3. The average molecular weight is 466 g/mol. The van der Waals surface area contributed by atoms with Crippen molar-refractivity contribution in [1.29, 1.82) is 0 Å². The fourth-order valence-electron chi connectivity index (χ4n) is 3.74. The minimum absolute atomic E-state index is 0.0796. The van der Waals surface area contributed by atoms with E-state index >= 15 is 0 Å². The minimum atomic E-state index is -0.760. The van der Waals surface area contributed by atoms with Crippen molar-refractivity contribution in [3.05, 3.63) is 80.9 Å². The van der Waals surface area contributed by atoms with Gasteiger partial charge in [-0.3, -0.25) is 9.59 Å². The smallest absolute Gasteiger partial charge is 0.329 e. The summed E-state index contributed by atoms with van der Waals surface area (Å²) < 4.78 is 25.5. The molecule has 4 aromatic rings. The Morgan fingerprint density at radius 2 is 1.79 bits per heavy atom. The molecule has 176 valence electrons. The maximum absolute atomic E-state index is 14.2. The van der Waals surface area contributed by atoms with Gasteiger partial charge in [0.25, 0.3) is 5.56 Å². The van der Waals surface area contributed by atoms with Gasteiger partial charge in [0.15, 0.2) is 11.5 Å². The van der Waals surface area contributed by atoms with Crippen molar-refractivity contribution in [2.75, 3.05) is 20.8 Å². The highest BCUT2D eigenvalue weighted by Gasteiger charge is 2.17. The number of methoxy groups -OCH3 is 2. The Balaban J connectivity index is 1.48. The van der Waals surface area contributed by atoms with E-state index in [-0.39, 0.29) is 16.6 Å². The van der Waals surface area contributed by atoms with Crippen LogP contribution in [0.25, 0.3) is 22.2 Å². The molecule has 34 heavy (non-hydrogen) atoms. The van der Waals surface area contributed by atoms with E-state index in [2.05, 4.69) is 15.3 Å². The van der Waals surface area contributed by atoms with Gasteiger partial charge in [0.1, 0.15) is 17.9 Å². The summed E-state index contributed by atoms with van der Waals surface area (Å²) in [6.07, 6.45) is 1.97. The molecule has 0 aliphatic rings. The van der Waals surface area contributed by atoms with Crippen LogP contribution in [-0.2, 0) is 17.8 Å². The number of rotatable bonds is 8. The maximum Gasteiger partial charge on any atom is 0.329 e. The molecular weight excluding hydrogens is 443 g/mol. The normalized spacial score (nSPS) is 10.9. The summed E-state index contributed by atoms with van der Waals surface area (Å²) in [7, 11) is 3.09. The highest BCUT2D eigenvalue weighted by molar-refractivity contribution is 5.92. The molecular formula is C24H23FN4O5. The summed E-state index contributed by atoms with van der Waals surface area (Å²) in [6.45, 7) is -0.159. The Hall–Kier alpha value is -4.34. The quantitative estimate of drug-likeness (QED) is 0.368. The van der Waals surface area contributed by atoms with E-state index in [1.165, 1.54) is 12.3 Å². The molecule has 10 heteroatoms. The highest BCUT2D eigenvalue weighted by Crippen LogP contribution is 2.28. The van der Waals surface area contributed by atoms with Crippen LogP contribution in [0.3, 0.4) is 0 Å². The van der Waals surface area contributed by atoms with E-state index < -0.39 is 29.5 Å². The van der Waals surface area contributed by atoms with Crippen LogP contribution in [0.2, 0.25) is 0 Å². The van der Waals surface area contributed by atoms with E-state index in [4.69, 9.17) is 9.47 Å². The molecule has 2 heterocycles. The fourth-order valence-corrected chi connectivity index (χ4v) is 3.74. The van der Waals surface area contributed by atoms with Gasteiger partial charge in [-0.1, -0.05) is 24.3 Å². The molecule has 0 aliphatic carbocycles. The SMILES string of the molecule is COc1ccc(CCNC(=O)Cn2c(=O)[nH]c3c(-c4ccccc4F)c[nH]c3c2=O)cc1OC. The lowest BCUT2D eigenvalue weighted by Crippen LogP contribution is -2.41. The van der Waals surface area contributed by atoms with Gasteiger partial charge in [-0.2, -0.15) is 0 Å². The third-order valence-corrected chi connectivity index (χ3v) is 5.47. The second kappa shape index (κ2) is 9.65. The maximum atomic E-state index is 14.2. The number of nitrogens with zero attached hydrogens (tertiary/aromatic N) is 1. The Bertz CT molecular complexity index is 1470. The van der Waals surface area contributed by atoms with Gasteiger partial charge < -0.3 is 24.8 Å². The molecule has 4 rings (SSSR count). The van der Waals surface area contributed by atoms with Crippen molar-refractivity contribution in [2.45, 2.75) is 13.0 Å². The molecule has 0 atom stereocenters. The van der Waals surface area contributed by atoms with Crippen LogP contribution in [0, 0.1) is 5.82 Å². The first-order valence-corrected chi connectivity index (χ1v) is 10.5. The molecule has 2 aromatic heterocycles. The van der Waals surface area contributed by atoms with Gasteiger partial charge >= 0.3 is 5.69 Å². The molecule has 0 fully saturated rings. The van der Waals surface area contributed by atoms with Crippen LogP contribution in [-0.4, -0.2) is 41.2 Å². The first-order valence-electron chi connectivity index (χ1n) is 10.5. The number of carbonyl (C=O) groups excluding carboxylic acids is 1. The Kier molecular flexibility index (Phi) is 6.48. The molecule has 0 saturated carbocycles. The standard InChI is InChI=1S/C24H23FN4O5/c1-33-18-8-7-14(11-19(18)34-2)9-10-26-20(30)13-29-23(31)22-21(28-24(29)32)16(12-27-22)15-5-3-4-6-17(15)25/h3-8,11-12,27H,9-10,13H2,1-2H3,(H,26,30)(H,28,32). The van der Waals surface area contributed by atoms with Crippen molar-refractivity contribution >= 4 is 16.9 Å². The number of benzene rings is 2. The van der Waals surface area contributed by atoms with E-state index in [1.807, 2.05) is 12.1 Å². The lowest BCUT2D eigenvalue weighted by Gasteiger charge is -2.10. The van der Waals surface area contributed by atoms with E-state index in [0.29, 0.717) is 30.0 Å². The molecule has 1 amide bonds. The van der Waals surface area contributed by atoms with Crippen molar-refractivity contribution in [1.82, 2.24) is 19.9 Å². The predicted molar refractivity (Wildman–Crippen MR) is 125 cm³/mol. The number of halogens is 1. The molecule has 0 unspecified atom stereocenters. The average Bonchev–Trinajstić information content (AvgIpc) is 3.25. The predicted octanol–water partition coefficient (Wildman–Crippen LogP) is 2.20. The van der Waals surface area contributed by atoms with Gasteiger partial charge in [0, 0.05) is 23.9 Å². The number of hydrogen-bond acceptors (Lipinski definition) is 5. The van der Waals surface area contributed by atoms with Crippen LogP contribution >= 0.6 is 0 Å². The third kappa shape index (κ3) is 4.42. The summed E-state index contributed by atoms with van der Waals surface area (Å²) in [6, 6.07) is 11.5. The molecule has 0 saturated heterocycles. The summed E-state index contributed by atoms with van der Waals surface area (Å²) in [5.41, 5.74) is 0.354. The van der Waals surface area contributed by atoms with E-state index in [0.717, 1.165) is 10.1 Å². The van der Waals surface area contributed by atoms with Crippen LogP contribution in [0.4, 0.5) is 4.39 Å². The molecule has 2 aromatic carbocycles. The van der Waals surface area contributed by atoms with Crippen molar-refractivity contribution in [3.8, 4) is 22.6 Å². The van der Waals surface area contributed by atoms with E-state index in [1.54, 1.807) is 38.5 Å². The zero-order valence-electron chi connectivity index (χ0n) is 18.6. The Morgan fingerprint density at radius 1 is 1.03 bits per heavy atom. The molecule has 0 aliphatic heterocycles. The summed E-state index contributed by atoms with van der Waals surface area (Å²) >= 11 is 0. The molecule has 0 radical (unpaired) electrons. The van der Waals surface area contributed by atoms with Crippen molar-refractivity contribution in [2.24, 2.45) is 0 Å². The monoisotopic (exact) mass is 466 g/mol. The third-order valence-electron chi connectivity index (χ3n) is 5.47. The lowest BCUT2D eigenvalue weighted by molar-refractivity contribution is -0.121. The summed E-state index contributed by atoms with van der Waals surface area (Å²) in [4.78, 5) is 43.2. The number of aromatic amines is 2. The number of carbonyl (C=O) groups is 1. The number of amides is 1. The summed E-state index contributed by atoms with van der Waals surface area (Å²) in [5, 5.41) is 2.70. The van der Waals surface area contributed by atoms with Gasteiger partial charge in [-0.15, -0.1) is 0 Å². The summed E-state index contributed by atoms with van der Waals surface area (Å²) in [5.74, 6) is 0.209. The second-order valence-corrected chi connectivity index (χ2v) is 7.54. The lowest BCUT2D eigenvalue weighted by atomic mass is 10.1. The second-order valence-electron chi connectivity index (χ2n) is 7.54. The van der Waals surface area contributed by atoms with Crippen LogP contribution in [0.1, 0.15) is 5.56 Å². The van der Waals surface area contributed by atoms with Crippen molar-refractivity contribution in [3.63, 3.8) is 0 Å². The molecule has 3 N–H and O–H groups in total. The number of hydrogen-bond donors (Lipinski definition) is 3. The number of ether oxygens (including phenoxy) is 2. The van der Waals surface area contributed by atoms with Crippen LogP contribution in [0.5, 0.6) is 11.5 Å². The minimum Gasteiger partial charge on any atom is -0.493 e. The van der Waals surface area contributed by atoms with Gasteiger partial charge in [-0.05, 0) is 30.2 Å². The van der Waals surface area contributed by atoms with Crippen LogP contribution in [0.15, 0.2) is 58.3 Å². The largest absolute Gasteiger partial charge is 0.493 e. The van der Waals surface area contributed by atoms with Gasteiger partial charge in [0.05, 0.1) is 19.7 Å². The zero-order valence-corrected chi connectivity index (χ0v) is 18.6. The fraction of sp³-hybridized carbons (Fsp3) is 0.208. The van der Waals surface area contributed by atoms with Crippen molar-refractivity contribution < 1.29 is 18.7 Å². The van der Waals surface area contributed by atoms with Gasteiger partial charge in [-0.25, -0.2) is 13.8 Å². The number of aromatic nitrogens is 3. The highest BCUT2D eigenvalue weighted by atomic mass is 19.1. The first kappa shape index (κ1) is 22.8. The Labute approximate surface area is 193 Å². The number of H-pyrrole nitrogens is 2. The Morgan fingerprint density at radius 3 is 2.53 bits per heavy atom. The topological polar surface area (TPSA) is 118 Å².